The van der Waals surface area contributed by atoms with Crippen molar-refractivity contribution in [3.8, 4) is 17.2 Å². The zero-order valence-electron chi connectivity index (χ0n) is 18.6. The second-order valence-corrected chi connectivity index (χ2v) is 8.24. The van der Waals surface area contributed by atoms with Crippen LogP contribution in [0.25, 0.3) is 0 Å². The number of para-hydroxylation sites is 1. The summed E-state index contributed by atoms with van der Waals surface area (Å²) >= 11 is 0. The molecule has 1 N–H and O–H groups in total. The number of hydrogen-bond donors (Lipinski definition) is 1. The highest BCUT2D eigenvalue weighted by molar-refractivity contribution is 5.98. The molecule has 1 atom stereocenters. The molecular weight excluding hydrogens is 408 g/mol. The third-order valence-corrected chi connectivity index (χ3v) is 6.30. The van der Waals surface area contributed by atoms with Crippen molar-refractivity contribution in [2.75, 3.05) is 33.4 Å². The fourth-order valence-electron chi connectivity index (χ4n) is 4.33. The average Bonchev–Trinajstić information content (AvgIpc) is 2.86. The molecule has 4 rings (SSSR count). The number of fused-ring (bicyclic) bond motifs is 1. The molecule has 0 aliphatic carbocycles. The predicted octanol–water partition coefficient (Wildman–Crippen LogP) is 3.07. The van der Waals surface area contributed by atoms with E-state index in [0.29, 0.717) is 49.9 Å². The maximum atomic E-state index is 13.0. The summed E-state index contributed by atoms with van der Waals surface area (Å²) in [5, 5.41) is 3.01. The Morgan fingerprint density at radius 2 is 1.81 bits per heavy atom. The van der Waals surface area contributed by atoms with Crippen LogP contribution in [0.1, 0.15) is 35.7 Å². The fourth-order valence-corrected chi connectivity index (χ4v) is 4.33. The Balaban J connectivity index is 1.29. The molecule has 1 fully saturated rings. The number of methoxy groups -OCH3 is 1. The standard InChI is InChI=1S/C25H30N2O5/c1-17(25(29)26-16-20-5-3-4-6-21(20)30-2)27-11-9-18(10-12-27)24(28)19-7-8-22-23(15-19)32-14-13-31-22/h3-8,15,17-18H,9-14,16H2,1-2H3,(H,26,29)/t17-/m1/s1. The molecule has 7 nitrogen and oxygen atoms in total. The van der Waals surface area contributed by atoms with E-state index in [9.17, 15) is 9.59 Å². The lowest BCUT2D eigenvalue weighted by Crippen LogP contribution is -2.48. The highest BCUT2D eigenvalue weighted by Crippen LogP contribution is 2.32. The van der Waals surface area contributed by atoms with Crippen LogP contribution in [0.15, 0.2) is 42.5 Å². The van der Waals surface area contributed by atoms with Crippen molar-refractivity contribution in [2.45, 2.75) is 32.4 Å². The Hall–Kier alpha value is -3.06. The van der Waals surface area contributed by atoms with Crippen LogP contribution >= 0.6 is 0 Å². The van der Waals surface area contributed by atoms with Crippen LogP contribution in [-0.2, 0) is 11.3 Å². The quantitative estimate of drug-likeness (QED) is 0.670. The Morgan fingerprint density at radius 3 is 2.56 bits per heavy atom. The smallest absolute Gasteiger partial charge is 0.237 e. The topological polar surface area (TPSA) is 77.1 Å². The van der Waals surface area contributed by atoms with Crippen LogP contribution in [-0.4, -0.2) is 56.0 Å². The minimum Gasteiger partial charge on any atom is -0.496 e. The number of likely N-dealkylation sites (tertiary alicyclic amines) is 1. The molecule has 1 amide bonds. The summed E-state index contributed by atoms with van der Waals surface area (Å²) in [6.07, 6.45) is 1.47. The molecule has 0 saturated carbocycles. The van der Waals surface area contributed by atoms with Crippen LogP contribution < -0.4 is 19.5 Å². The van der Waals surface area contributed by atoms with Crippen LogP contribution in [0.5, 0.6) is 17.2 Å². The van der Waals surface area contributed by atoms with E-state index in [1.807, 2.05) is 43.3 Å². The first kappa shape index (κ1) is 22.1. The number of piperidine rings is 1. The van der Waals surface area contributed by atoms with E-state index in [1.165, 1.54) is 0 Å². The summed E-state index contributed by atoms with van der Waals surface area (Å²) in [6, 6.07) is 12.8. The van der Waals surface area contributed by atoms with Gasteiger partial charge in [0.25, 0.3) is 0 Å². The lowest BCUT2D eigenvalue weighted by atomic mass is 9.88. The lowest BCUT2D eigenvalue weighted by Gasteiger charge is -2.34. The number of nitrogens with zero attached hydrogens (tertiary/aromatic N) is 1. The van der Waals surface area contributed by atoms with E-state index in [1.54, 1.807) is 13.2 Å². The van der Waals surface area contributed by atoms with Crippen LogP contribution in [0, 0.1) is 5.92 Å². The number of hydrogen-bond acceptors (Lipinski definition) is 6. The Morgan fingerprint density at radius 1 is 1.09 bits per heavy atom. The number of ketones is 1. The van der Waals surface area contributed by atoms with Gasteiger partial charge in [-0.25, -0.2) is 0 Å². The summed E-state index contributed by atoms with van der Waals surface area (Å²) in [5.74, 6) is 2.16. The van der Waals surface area contributed by atoms with Gasteiger partial charge in [-0.2, -0.15) is 0 Å². The van der Waals surface area contributed by atoms with Crippen LogP contribution in [0.2, 0.25) is 0 Å². The predicted molar refractivity (Wildman–Crippen MR) is 120 cm³/mol. The molecule has 2 aromatic rings. The van der Waals surface area contributed by atoms with Gasteiger partial charge in [0, 0.05) is 23.6 Å². The number of nitrogens with one attached hydrogen (secondary N) is 1. The van der Waals surface area contributed by atoms with Gasteiger partial charge < -0.3 is 19.5 Å². The fraction of sp³-hybridized carbons (Fsp3) is 0.440. The molecule has 7 heteroatoms. The monoisotopic (exact) mass is 438 g/mol. The molecule has 32 heavy (non-hydrogen) atoms. The Bertz CT molecular complexity index is 969. The highest BCUT2D eigenvalue weighted by Gasteiger charge is 2.30. The maximum Gasteiger partial charge on any atom is 0.237 e. The van der Waals surface area contributed by atoms with Gasteiger partial charge in [-0.15, -0.1) is 0 Å². The summed E-state index contributed by atoms with van der Waals surface area (Å²) < 4.78 is 16.5. The van der Waals surface area contributed by atoms with Crippen molar-refractivity contribution in [3.63, 3.8) is 0 Å². The third kappa shape index (κ3) is 4.88. The van der Waals surface area contributed by atoms with E-state index >= 15 is 0 Å². The lowest BCUT2D eigenvalue weighted by molar-refractivity contribution is -0.126. The number of rotatable bonds is 7. The van der Waals surface area contributed by atoms with E-state index in [0.717, 1.165) is 24.2 Å². The summed E-state index contributed by atoms with van der Waals surface area (Å²) in [5.41, 5.74) is 1.61. The Kier molecular flexibility index (Phi) is 6.95. The number of Topliss-reactive ketones (excluding diaryl/α,β-unsaturated/α-hetero) is 1. The zero-order chi connectivity index (χ0) is 22.5. The van der Waals surface area contributed by atoms with Crippen molar-refractivity contribution in [1.29, 1.82) is 0 Å². The number of ether oxygens (including phenoxy) is 3. The molecule has 0 aromatic heterocycles. The Labute approximate surface area is 188 Å². The number of carbonyl (C=O) groups is 2. The van der Waals surface area contributed by atoms with Crippen molar-refractivity contribution < 1.29 is 23.8 Å². The second kappa shape index (κ2) is 10.0. The molecule has 2 aliphatic rings. The molecular formula is C25H30N2O5. The van der Waals surface area contributed by atoms with Crippen molar-refractivity contribution in [2.24, 2.45) is 5.92 Å². The zero-order valence-corrected chi connectivity index (χ0v) is 18.6. The first-order valence-corrected chi connectivity index (χ1v) is 11.1. The SMILES string of the molecule is COc1ccccc1CNC(=O)[C@@H](C)N1CCC(C(=O)c2ccc3c(c2)OCCO3)CC1. The van der Waals surface area contributed by atoms with Gasteiger partial charge in [-0.1, -0.05) is 18.2 Å². The van der Waals surface area contributed by atoms with Crippen molar-refractivity contribution >= 4 is 11.7 Å². The van der Waals surface area contributed by atoms with E-state index in [-0.39, 0.29) is 23.7 Å². The first-order valence-electron chi connectivity index (χ1n) is 11.1. The minimum atomic E-state index is -0.255. The first-order chi connectivity index (χ1) is 15.6. The maximum absolute atomic E-state index is 13.0. The van der Waals surface area contributed by atoms with Gasteiger partial charge in [0.15, 0.2) is 17.3 Å². The molecule has 0 bridgehead atoms. The van der Waals surface area contributed by atoms with Gasteiger partial charge in [-0.05, 0) is 57.1 Å². The molecule has 1 saturated heterocycles. The molecule has 2 heterocycles. The van der Waals surface area contributed by atoms with E-state index in [4.69, 9.17) is 14.2 Å². The van der Waals surface area contributed by atoms with Crippen LogP contribution in [0.4, 0.5) is 0 Å². The molecule has 0 unspecified atom stereocenters. The molecule has 0 spiro atoms. The van der Waals surface area contributed by atoms with Gasteiger partial charge in [-0.3, -0.25) is 14.5 Å². The van der Waals surface area contributed by atoms with Crippen LogP contribution in [0.3, 0.4) is 0 Å². The van der Waals surface area contributed by atoms with Gasteiger partial charge in [0.05, 0.1) is 13.2 Å². The number of carbonyl (C=O) groups excluding carboxylic acids is 2. The van der Waals surface area contributed by atoms with E-state index < -0.39 is 0 Å². The molecule has 0 radical (unpaired) electrons. The largest absolute Gasteiger partial charge is 0.496 e. The number of amides is 1. The third-order valence-electron chi connectivity index (χ3n) is 6.30. The average molecular weight is 439 g/mol. The van der Waals surface area contributed by atoms with E-state index in [2.05, 4.69) is 10.2 Å². The van der Waals surface area contributed by atoms with Gasteiger partial charge >= 0.3 is 0 Å². The second-order valence-electron chi connectivity index (χ2n) is 8.24. The minimum absolute atomic E-state index is 0.0208. The molecule has 2 aromatic carbocycles. The van der Waals surface area contributed by atoms with Crippen molar-refractivity contribution in [1.82, 2.24) is 10.2 Å². The van der Waals surface area contributed by atoms with Crippen molar-refractivity contribution in [3.05, 3.63) is 53.6 Å². The van der Waals surface area contributed by atoms with Gasteiger partial charge in [0.1, 0.15) is 19.0 Å². The molecule has 170 valence electrons. The summed E-state index contributed by atoms with van der Waals surface area (Å²) in [6.45, 7) is 4.80. The summed E-state index contributed by atoms with van der Waals surface area (Å²) in [7, 11) is 1.62. The summed E-state index contributed by atoms with van der Waals surface area (Å²) in [4.78, 5) is 27.9. The highest BCUT2D eigenvalue weighted by atomic mass is 16.6. The normalized spacial score (nSPS) is 17.4. The molecule has 2 aliphatic heterocycles. The number of benzene rings is 2. The van der Waals surface area contributed by atoms with Gasteiger partial charge in [0.2, 0.25) is 5.91 Å².